The normalized spacial score (nSPS) is 12.4. The van der Waals surface area contributed by atoms with Gasteiger partial charge in [-0.05, 0) is 34.0 Å². The summed E-state index contributed by atoms with van der Waals surface area (Å²) in [6.07, 6.45) is 2.13. The fourth-order valence-electron chi connectivity index (χ4n) is 2.18. The molecule has 0 saturated carbocycles. The molecular formula is C13H14N4O4. The fourth-order valence-corrected chi connectivity index (χ4v) is 2.18. The SMILES string of the molecule is Cn1cnc([N+](=O)[O-])c1NCCc1ccc2c(c1)OCO2. The van der Waals surface area contributed by atoms with E-state index in [0.29, 0.717) is 18.8 Å². The number of nitrogens with one attached hydrogen (secondary N) is 1. The topological polar surface area (TPSA) is 91.5 Å². The number of aromatic nitrogens is 2. The number of nitrogens with zero attached hydrogens (tertiary/aromatic N) is 3. The summed E-state index contributed by atoms with van der Waals surface area (Å²) in [7, 11) is 1.71. The van der Waals surface area contributed by atoms with Gasteiger partial charge in [0.05, 0.1) is 0 Å². The smallest absolute Gasteiger partial charge is 0.406 e. The average molecular weight is 290 g/mol. The maximum Gasteiger partial charge on any atom is 0.406 e. The van der Waals surface area contributed by atoms with E-state index in [-0.39, 0.29) is 12.6 Å². The lowest BCUT2D eigenvalue weighted by Crippen LogP contribution is -2.09. The van der Waals surface area contributed by atoms with Crippen LogP contribution in [0.25, 0.3) is 0 Å². The quantitative estimate of drug-likeness (QED) is 0.666. The minimum atomic E-state index is -0.497. The van der Waals surface area contributed by atoms with Crippen molar-refractivity contribution in [3.05, 3.63) is 40.2 Å². The van der Waals surface area contributed by atoms with E-state index in [2.05, 4.69) is 10.3 Å². The second-order valence-corrected chi connectivity index (χ2v) is 4.65. The van der Waals surface area contributed by atoms with Gasteiger partial charge in [-0.3, -0.25) is 4.57 Å². The van der Waals surface area contributed by atoms with Gasteiger partial charge in [0, 0.05) is 13.6 Å². The maximum absolute atomic E-state index is 10.9. The summed E-state index contributed by atoms with van der Waals surface area (Å²) < 4.78 is 12.2. The molecule has 8 heteroatoms. The van der Waals surface area contributed by atoms with E-state index < -0.39 is 4.92 Å². The van der Waals surface area contributed by atoms with Gasteiger partial charge in [0.2, 0.25) is 18.9 Å². The number of aryl methyl sites for hydroxylation is 1. The van der Waals surface area contributed by atoms with Crippen LogP contribution in [0.1, 0.15) is 5.56 Å². The molecule has 0 amide bonds. The lowest BCUT2D eigenvalue weighted by Gasteiger charge is -2.07. The van der Waals surface area contributed by atoms with Crippen LogP contribution in [0.4, 0.5) is 11.6 Å². The Morgan fingerprint density at radius 2 is 2.24 bits per heavy atom. The van der Waals surface area contributed by atoms with Gasteiger partial charge in [0.25, 0.3) is 0 Å². The highest BCUT2D eigenvalue weighted by Crippen LogP contribution is 2.32. The van der Waals surface area contributed by atoms with Gasteiger partial charge >= 0.3 is 5.82 Å². The van der Waals surface area contributed by atoms with Crippen molar-refractivity contribution >= 4 is 11.6 Å². The molecule has 0 spiro atoms. The molecule has 0 aliphatic carbocycles. The molecule has 3 rings (SSSR count). The number of nitro groups is 1. The predicted molar refractivity (Wildman–Crippen MR) is 74.6 cm³/mol. The van der Waals surface area contributed by atoms with E-state index in [4.69, 9.17) is 9.47 Å². The molecule has 1 aliphatic heterocycles. The Balaban J connectivity index is 1.64. The fraction of sp³-hybridized carbons (Fsp3) is 0.308. The van der Waals surface area contributed by atoms with Crippen LogP contribution in [0.15, 0.2) is 24.5 Å². The molecule has 0 fully saturated rings. The minimum absolute atomic E-state index is 0.164. The zero-order valence-electron chi connectivity index (χ0n) is 11.4. The van der Waals surface area contributed by atoms with Crippen molar-refractivity contribution in [2.45, 2.75) is 6.42 Å². The van der Waals surface area contributed by atoms with Crippen molar-refractivity contribution in [2.24, 2.45) is 7.05 Å². The van der Waals surface area contributed by atoms with Crippen LogP contribution < -0.4 is 14.8 Å². The summed E-state index contributed by atoms with van der Waals surface area (Å²) in [6, 6.07) is 5.73. The van der Waals surface area contributed by atoms with Gasteiger partial charge in [0.1, 0.15) is 0 Å². The second kappa shape index (κ2) is 5.31. The van der Waals surface area contributed by atoms with Gasteiger partial charge in [-0.15, -0.1) is 0 Å². The van der Waals surface area contributed by atoms with Crippen molar-refractivity contribution < 1.29 is 14.4 Å². The van der Waals surface area contributed by atoms with Crippen molar-refractivity contribution in [3.63, 3.8) is 0 Å². The Bertz CT molecular complexity index is 683. The third kappa shape index (κ3) is 2.60. The molecule has 0 saturated heterocycles. The first-order chi connectivity index (χ1) is 10.1. The van der Waals surface area contributed by atoms with E-state index in [0.717, 1.165) is 17.1 Å². The Labute approximate surface area is 120 Å². The lowest BCUT2D eigenvalue weighted by atomic mass is 10.1. The third-order valence-electron chi connectivity index (χ3n) is 3.23. The van der Waals surface area contributed by atoms with Crippen LogP contribution >= 0.6 is 0 Å². The van der Waals surface area contributed by atoms with Gasteiger partial charge in [-0.25, -0.2) is 0 Å². The third-order valence-corrected chi connectivity index (χ3v) is 3.23. The van der Waals surface area contributed by atoms with Gasteiger partial charge in [0.15, 0.2) is 11.5 Å². The Kier molecular flexibility index (Phi) is 3.35. The number of imidazole rings is 1. The van der Waals surface area contributed by atoms with Crippen LogP contribution in [-0.4, -0.2) is 27.8 Å². The summed E-state index contributed by atoms with van der Waals surface area (Å²) in [5.41, 5.74) is 1.07. The minimum Gasteiger partial charge on any atom is -0.454 e. The number of rotatable bonds is 5. The van der Waals surface area contributed by atoms with E-state index >= 15 is 0 Å². The zero-order chi connectivity index (χ0) is 14.8. The second-order valence-electron chi connectivity index (χ2n) is 4.65. The van der Waals surface area contributed by atoms with Gasteiger partial charge in [-0.1, -0.05) is 6.07 Å². The highest BCUT2D eigenvalue weighted by atomic mass is 16.7. The maximum atomic E-state index is 10.9. The zero-order valence-corrected chi connectivity index (χ0v) is 11.4. The molecule has 110 valence electrons. The molecule has 8 nitrogen and oxygen atoms in total. The van der Waals surface area contributed by atoms with Crippen LogP contribution in [-0.2, 0) is 13.5 Å². The van der Waals surface area contributed by atoms with E-state index in [1.807, 2.05) is 18.2 Å². The monoisotopic (exact) mass is 290 g/mol. The Hall–Kier alpha value is -2.77. The summed E-state index contributed by atoms with van der Waals surface area (Å²) in [5, 5.41) is 13.9. The Morgan fingerprint density at radius 3 is 3.05 bits per heavy atom. The first-order valence-electron chi connectivity index (χ1n) is 6.43. The van der Waals surface area contributed by atoms with Crippen LogP contribution in [0.2, 0.25) is 0 Å². The average Bonchev–Trinajstić information content (AvgIpc) is 3.05. The van der Waals surface area contributed by atoms with Crippen molar-refractivity contribution in [1.82, 2.24) is 9.55 Å². The van der Waals surface area contributed by atoms with Gasteiger partial charge < -0.3 is 24.9 Å². The van der Waals surface area contributed by atoms with E-state index in [1.54, 1.807) is 11.6 Å². The first kappa shape index (κ1) is 13.2. The van der Waals surface area contributed by atoms with E-state index in [9.17, 15) is 10.1 Å². The van der Waals surface area contributed by atoms with Crippen molar-refractivity contribution in [1.29, 1.82) is 0 Å². The number of fused-ring (bicyclic) bond motifs is 1. The largest absolute Gasteiger partial charge is 0.454 e. The molecular weight excluding hydrogens is 276 g/mol. The predicted octanol–water partition coefficient (Wildman–Crippen LogP) is 1.71. The van der Waals surface area contributed by atoms with Crippen LogP contribution in [0.5, 0.6) is 11.5 Å². The highest BCUT2D eigenvalue weighted by molar-refractivity contribution is 5.52. The molecule has 0 atom stereocenters. The highest BCUT2D eigenvalue weighted by Gasteiger charge is 2.19. The molecule has 2 aromatic rings. The van der Waals surface area contributed by atoms with Crippen LogP contribution in [0.3, 0.4) is 0 Å². The van der Waals surface area contributed by atoms with E-state index in [1.165, 1.54) is 6.33 Å². The van der Waals surface area contributed by atoms with Crippen molar-refractivity contribution in [3.8, 4) is 11.5 Å². The molecule has 21 heavy (non-hydrogen) atoms. The molecule has 0 bridgehead atoms. The first-order valence-corrected chi connectivity index (χ1v) is 6.43. The van der Waals surface area contributed by atoms with Gasteiger partial charge in [-0.2, -0.15) is 0 Å². The molecule has 0 radical (unpaired) electrons. The molecule has 2 heterocycles. The number of benzene rings is 1. The number of anilines is 1. The Morgan fingerprint density at radius 1 is 1.43 bits per heavy atom. The number of hydrogen-bond acceptors (Lipinski definition) is 6. The number of ether oxygens (including phenoxy) is 2. The summed E-state index contributed by atoms with van der Waals surface area (Å²) in [4.78, 5) is 14.1. The molecule has 1 aromatic carbocycles. The molecule has 1 aromatic heterocycles. The molecule has 1 aliphatic rings. The standard InChI is InChI=1S/C13H14N4O4/c1-16-7-15-13(17(18)19)12(16)14-5-4-9-2-3-10-11(6-9)21-8-20-10/h2-3,6-7,14H,4-5,8H2,1H3. The molecule has 1 N–H and O–H groups in total. The van der Waals surface area contributed by atoms with Crippen LogP contribution in [0, 0.1) is 10.1 Å². The lowest BCUT2D eigenvalue weighted by molar-refractivity contribution is -0.388. The number of hydrogen-bond donors (Lipinski definition) is 1. The summed E-state index contributed by atoms with van der Waals surface area (Å²) in [6.45, 7) is 0.804. The molecule has 0 unspecified atom stereocenters. The summed E-state index contributed by atoms with van der Waals surface area (Å²) in [5.74, 6) is 1.72. The summed E-state index contributed by atoms with van der Waals surface area (Å²) >= 11 is 0. The van der Waals surface area contributed by atoms with Crippen molar-refractivity contribution in [2.75, 3.05) is 18.7 Å².